The molecule has 2 N–H and O–H groups in total. The summed E-state index contributed by atoms with van der Waals surface area (Å²) in [6.45, 7) is 31.5. The minimum atomic E-state index is -1.53. The summed E-state index contributed by atoms with van der Waals surface area (Å²) in [5.41, 5.74) is 0.972. The van der Waals surface area contributed by atoms with Gasteiger partial charge in [0.15, 0.2) is 17.3 Å². The minimum Gasteiger partial charge on any atom is -0.390 e. The summed E-state index contributed by atoms with van der Waals surface area (Å²) in [4.78, 5) is 174. The Morgan fingerprint density at radius 2 is 0.957 bits per heavy atom. The van der Waals surface area contributed by atoms with E-state index in [-0.39, 0.29) is 74.4 Å². The molecule has 2 rings (SSSR count). The summed E-state index contributed by atoms with van der Waals surface area (Å²) in [5.74, 6) is -11.0. The molecule has 8 amide bonds. The number of ketones is 3. The molecule has 0 spiro atoms. The van der Waals surface area contributed by atoms with E-state index in [9.17, 15) is 38.7 Å². The number of hydrogen-bond donors (Lipinski definition) is 2. The van der Waals surface area contributed by atoms with Crippen molar-refractivity contribution in [2.45, 2.75) is 236 Å². The van der Waals surface area contributed by atoms with Gasteiger partial charge < -0.3 is 49.6 Å². The highest BCUT2D eigenvalue weighted by atomic mass is 16.3. The van der Waals surface area contributed by atoms with Crippen LogP contribution in [0.4, 0.5) is 0 Å². The second kappa shape index (κ2) is 37.3. The predicted octanol–water partition coefficient (Wildman–Crippen LogP) is 6.22. The Morgan fingerprint density at radius 3 is 1.41 bits per heavy atom. The molecule has 0 unspecified atom stereocenters. The first-order valence-corrected chi connectivity index (χ1v) is 34.0. The summed E-state index contributed by atoms with van der Waals surface area (Å²) in [7, 11) is 14.1. The third-order valence-corrected chi connectivity index (χ3v) is 19.0. The Morgan fingerprint density at radius 1 is 0.516 bits per heavy atom. The predicted molar refractivity (Wildman–Crippen MR) is 361 cm³/mol. The van der Waals surface area contributed by atoms with Crippen LogP contribution in [0.3, 0.4) is 0 Å². The van der Waals surface area contributed by atoms with Gasteiger partial charge in [0, 0.05) is 112 Å². The standard InChI is InChI=1S/C70H123N11O12/c1-27-51-35-59(84)61(62(85)46(14)28-29-73(18)38-50-37-71-74(19)39-50)81(26)70(93)60(45(12)13)80(25)69(92)56(33-43(8)9)79(24)68(91)55(32-42(6)7)78(23)64(87)48(16)72-63(86)47(15)34-57(82)53(30-40(2)3)77(22)67(90)52(44(10)11)36-58(83)54(31-41(4)5)76(21)65(88)49(17)75(20)66(51)89/h37,39-49,51-56,60-62,85H,27-36,38H2,1-26H3,(H,72,86)/t46-,47+,48+,49-,51+,52-,53-,54+,55-,56-,60-,61+,62-/m1/s1. The Kier molecular flexibility index (Phi) is 33.3. The number of nitrogens with zero attached hydrogens (tertiary/aromatic N) is 10. The molecule has 23 heteroatoms. The third-order valence-electron chi connectivity index (χ3n) is 19.0. The van der Waals surface area contributed by atoms with E-state index < -0.39 is 155 Å². The fourth-order valence-electron chi connectivity index (χ4n) is 12.8. The number of hydrogen-bond acceptors (Lipinski definition) is 14. The third kappa shape index (κ3) is 23.1. The van der Waals surface area contributed by atoms with Crippen molar-refractivity contribution in [1.29, 1.82) is 0 Å². The van der Waals surface area contributed by atoms with Crippen LogP contribution in [-0.2, 0) is 66.3 Å². The molecule has 1 saturated heterocycles. The molecule has 1 aromatic rings. The van der Waals surface area contributed by atoms with Gasteiger partial charge in [0.05, 0.1) is 24.4 Å². The van der Waals surface area contributed by atoms with Gasteiger partial charge in [-0.2, -0.15) is 5.10 Å². The topological polar surface area (TPSA) is 264 Å². The quantitative estimate of drug-likeness (QED) is 0.165. The van der Waals surface area contributed by atoms with E-state index in [2.05, 4.69) is 15.3 Å². The zero-order valence-corrected chi connectivity index (χ0v) is 61.8. The van der Waals surface area contributed by atoms with Crippen LogP contribution < -0.4 is 5.32 Å². The van der Waals surface area contributed by atoms with E-state index in [0.717, 1.165) is 5.56 Å². The van der Waals surface area contributed by atoms with Crippen molar-refractivity contribution < 1.29 is 57.8 Å². The number of Topliss-reactive ketones (excluding diaryl/α,β-unsaturated/α-hetero) is 3. The molecule has 2 heterocycles. The van der Waals surface area contributed by atoms with Crippen LogP contribution in [0.1, 0.15) is 181 Å². The van der Waals surface area contributed by atoms with E-state index in [1.807, 2.05) is 89.5 Å². The number of likely N-dealkylation sites (N-methyl/N-ethyl adjacent to an activating group) is 7. The Balaban J connectivity index is 3.01. The molecule has 23 nitrogen and oxygen atoms in total. The van der Waals surface area contributed by atoms with Crippen LogP contribution >= 0.6 is 0 Å². The summed E-state index contributed by atoms with van der Waals surface area (Å²) < 4.78 is 1.71. The Bertz CT molecular complexity index is 2690. The average Bonchev–Trinajstić information content (AvgIpc) is 1.14. The number of aliphatic hydroxyl groups is 1. The highest BCUT2D eigenvalue weighted by Gasteiger charge is 2.46. The summed E-state index contributed by atoms with van der Waals surface area (Å²) in [6.07, 6.45) is 2.51. The fraction of sp³-hybridized carbons (Fsp3) is 0.800. The van der Waals surface area contributed by atoms with Gasteiger partial charge >= 0.3 is 0 Å². The lowest BCUT2D eigenvalue weighted by Gasteiger charge is -2.42. The first kappa shape index (κ1) is 83.0. The van der Waals surface area contributed by atoms with E-state index in [4.69, 9.17) is 0 Å². The number of rotatable bonds is 18. The SMILES string of the molecule is CC[C@H]1CC(=O)[C@@H]([C@H](O)[C@H](C)CCN(C)Cc2cnn(C)c2)N(C)C(=O)[C@@H](C(C)C)N(C)C(=O)[C@@H](CC(C)C)N(C)C(=O)[C@@H](CC(C)C)N(C)C(=O)[C@H](C)NC(=O)[C@@H](C)CC(=O)[C@@H](CC(C)C)N(C)C(=O)[C@@H](C(C)C)CC(=O)[C@H](CC(C)C)N(C)C(=O)[C@@H](C)N(C)C1=O. The lowest BCUT2D eigenvalue weighted by Crippen LogP contribution is -2.62. The maximum absolute atomic E-state index is 15.5. The van der Waals surface area contributed by atoms with Gasteiger partial charge in [0.25, 0.3) is 0 Å². The second-order valence-electron chi connectivity index (χ2n) is 29.6. The van der Waals surface area contributed by atoms with Gasteiger partial charge in [-0.15, -0.1) is 0 Å². The normalized spacial score (nSPS) is 26.7. The smallest absolute Gasteiger partial charge is 0.246 e. The molecule has 1 aromatic heterocycles. The van der Waals surface area contributed by atoms with Gasteiger partial charge in [-0.05, 0) is 107 Å². The largest absolute Gasteiger partial charge is 0.390 e. The maximum Gasteiger partial charge on any atom is 0.246 e. The molecule has 0 aromatic carbocycles. The van der Waals surface area contributed by atoms with E-state index in [1.54, 1.807) is 52.4 Å². The number of aliphatic hydroxyl groups excluding tert-OH is 1. The molecule has 0 bridgehead atoms. The summed E-state index contributed by atoms with van der Waals surface area (Å²) >= 11 is 0. The molecular formula is C70H123N11O12. The molecule has 1 fully saturated rings. The minimum absolute atomic E-state index is 0.0734. The van der Waals surface area contributed by atoms with E-state index >= 15 is 19.2 Å². The van der Waals surface area contributed by atoms with Gasteiger partial charge in [-0.25, -0.2) is 0 Å². The zero-order chi connectivity index (χ0) is 71.7. The van der Waals surface area contributed by atoms with Gasteiger partial charge in [0.2, 0.25) is 47.3 Å². The van der Waals surface area contributed by atoms with Crippen molar-refractivity contribution in [1.82, 2.24) is 54.3 Å². The number of amides is 8. The Hall–Kier alpha value is -6.10. The lowest BCUT2D eigenvalue weighted by atomic mass is 9.84. The molecular weight excluding hydrogens is 1190 g/mol. The zero-order valence-electron chi connectivity index (χ0n) is 61.8. The van der Waals surface area contributed by atoms with Crippen molar-refractivity contribution in [2.75, 3.05) is 62.9 Å². The first-order chi connectivity index (χ1) is 42.9. The van der Waals surface area contributed by atoms with E-state index in [1.165, 1.54) is 90.6 Å². The number of carbonyl (C=O) groups excluding carboxylic acids is 11. The van der Waals surface area contributed by atoms with Crippen LogP contribution in [0.15, 0.2) is 12.4 Å². The van der Waals surface area contributed by atoms with Crippen molar-refractivity contribution in [3.8, 4) is 0 Å². The maximum atomic E-state index is 15.5. The van der Waals surface area contributed by atoms with Crippen LogP contribution in [-0.4, -0.2) is 236 Å². The van der Waals surface area contributed by atoms with Crippen LogP contribution in [0.25, 0.3) is 0 Å². The highest BCUT2D eigenvalue weighted by Crippen LogP contribution is 2.30. The monoisotopic (exact) mass is 1310 g/mol. The van der Waals surface area contributed by atoms with Crippen molar-refractivity contribution in [3.63, 3.8) is 0 Å². The molecule has 13 atom stereocenters. The average molecular weight is 1310 g/mol. The van der Waals surface area contributed by atoms with Crippen LogP contribution in [0, 0.1) is 59.2 Å². The molecule has 0 saturated carbocycles. The molecule has 0 aliphatic carbocycles. The second-order valence-corrected chi connectivity index (χ2v) is 29.6. The van der Waals surface area contributed by atoms with Gasteiger partial charge in [-0.3, -0.25) is 57.4 Å². The molecule has 93 heavy (non-hydrogen) atoms. The number of aryl methyl sites for hydroxylation is 1. The number of carbonyl (C=O) groups is 11. The van der Waals surface area contributed by atoms with Gasteiger partial charge in [0.1, 0.15) is 36.3 Å². The van der Waals surface area contributed by atoms with Crippen LogP contribution in [0.2, 0.25) is 0 Å². The van der Waals surface area contributed by atoms with Crippen LogP contribution in [0.5, 0.6) is 0 Å². The number of aromatic nitrogens is 2. The van der Waals surface area contributed by atoms with Gasteiger partial charge in [-0.1, -0.05) is 104 Å². The highest BCUT2D eigenvalue weighted by molar-refractivity contribution is 6.00. The van der Waals surface area contributed by atoms with Crippen molar-refractivity contribution in [2.24, 2.45) is 66.2 Å². The van der Waals surface area contributed by atoms with Crippen molar-refractivity contribution >= 4 is 64.6 Å². The molecule has 1 aliphatic heterocycles. The first-order valence-electron chi connectivity index (χ1n) is 34.0. The number of nitrogens with one attached hydrogen (secondary N) is 1. The van der Waals surface area contributed by atoms with E-state index in [0.29, 0.717) is 19.5 Å². The lowest BCUT2D eigenvalue weighted by molar-refractivity contribution is -0.157. The van der Waals surface area contributed by atoms with Crippen molar-refractivity contribution in [3.05, 3.63) is 18.0 Å². The molecule has 530 valence electrons. The summed E-state index contributed by atoms with van der Waals surface area (Å²) in [6, 6.07) is -9.39. The fourth-order valence-corrected chi connectivity index (χ4v) is 12.8. The molecule has 0 radical (unpaired) electrons. The Labute approximate surface area is 558 Å². The summed E-state index contributed by atoms with van der Waals surface area (Å²) in [5, 5.41) is 19.6. The molecule has 1 aliphatic rings.